The summed E-state index contributed by atoms with van der Waals surface area (Å²) in [6.45, 7) is 4.18. The van der Waals surface area contributed by atoms with Crippen LogP contribution < -0.4 is 10.2 Å². The predicted molar refractivity (Wildman–Crippen MR) is 95.4 cm³/mol. The fourth-order valence-electron chi connectivity index (χ4n) is 3.08. The molecule has 1 N–H and O–H groups in total. The van der Waals surface area contributed by atoms with Gasteiger partial charge in [-0.3, -0.25) is 0 Å². The zero-order valence-electron chi connectivity index (χ0n) is 14.2. The molecule has 0 aliphatic carbocycles. The van der Waals surface area contributed by atoms with Crippen molar-refractivity contribution in [3.63, 3.8) is 0 Å². The van der Waals surface area contributed by atoms with Crippen LogP contribution >= 0.6 is 0 Å². The lowest BCUT2D eigenvalue weighted by Crippen LogP contribution is -2.25. The molecule has 0 bridgehead atoms. The van der Waals surface area contributed by atoms with Crippen molar-refractivity contribution in [3.8, 4) is 0 Å². The number of hydrogen-bond acceptors (Lipinski definition) is 5. The van der Waals surface area contributed by atoms with Gasteiger partial charge in [-0.2, -0.15) is 4.98 Å². The minimum atomic E-state index is 0.420. The number of nitrogens with one attached hydrogen (secondary N) is 1. The molecule has 1 aromatic heterocycles. The molecule has 0 radical (unpaired) electrons. The summed E-state index contributed by atoms with van der Waals surface area (Å²) in [6.07, 6.45) is 3.97. The largest absolute Gasteiger partial charge is 0.354 e. The molecule has 122 valence electrons. The van der Waals surface area contributed by atoms with Gasteiger partial charge in [-0.05, 0) is 58.1 Å². The number of para-hydroxylation sites is 1. The van der Waals surface area contributed by atoms with Crippen LogP contribution in [0, 0.1) is 0 Å². The maximum atomic E-state index is 4.71. The van der Waals surface area contributed by atoms with Crippen molar-refractivity contribution in [2.75, 3.05) is 37.4 Å². The van der Waals surface area contributed by atoms with Crippen LogP contribution in [0.3, 0.4) is 0 Å². The fraction of sp³-hybridized carbons (Fsp3) is 0.444. The van der Waals surface area contributed by atoms with Gasteiger partial charge in [0.25, 0.3) is 0 Å². The second-order valence-electron chi connectivity index (χ2n) is 6.37. The lowest BCUT2D eigenvalue weighted by molar-refractivity contribution is 0.405. The van der Waals surface area contributed by atoms with Crippen LogP contribution in [-0.4, -0.2) is 48.1 Å². The fourth-order valence-corrected chi connectivity index (χ4v) is 3.08. The van der Waals surface area contributed by atoms with E-state index in [2.05, 4.69) is 65.4 Å². The molecule has 2 aromatic rings. The van der Waals surface area contributed by atoms with Crippen molar-refractivity contribution in [3.05, 3.63) is 42.1 Å². The molecule has 2 heterocycles. The molecule has 5 nitrogen and oxygen atoms in total. The average molecular weight is 311 g/mol. The van der Waals surface area contributed by atoms with E-state index in [1.165, 1.54) is 11.3 Å². The molecule has 0 amide bonds. The van der Waals surface area contributed by atoms with Crippen LogP contribution in [0.5, 0.6) is 0 Å². The number of anilines is 3. The molecule has 0 saturated carbocycles. The van der Waals surface area contributed by atoms with Crippen molar-refractivity contribution in [1.82, 2.24) is 14.9 Å². The van der Waals surface area contributed by atoms with Gasteiger partial charge in [-0.15, -0.1) is 0 Å². The summed E-state index contributed by atoms with van der Waals surface area (Å²) in [6, 6.07) is 11.0. The minimum absolute atomic E-state index is 0.420. The number of nitrogens with zero attached hydrogens (tertiary/aromatic N) is 4. The van der Waals surface area contributed by atoms with E-state index in [-0.39, 0.29) is 0 Å². The van der Waals surface area contributed by atoms with Crippen LogP contribution in [0.1, 0.15) is 18.9 Å². The molecular formula is C18H25N5. The Morgan fingerprint density at radius 2 is 2.09 bits per heavy atom. The van der Waals surface area contributed by atoms with E-state index in [1.807, 2.05) is 12.3 Å². The molecule has 0 saturated heterocycles. The maximum absolute atomic E-state index is 4.71. The first-order valence-corrected chi connectivity index (χ1v) is 8.24. The molecule has 5 heteroatoms. The molecular weight excluding hydrogens is 286 g/mol. The van der Waals surface area contributed by atoms with Gasteiger partial charge in [-0.25, -0.2) is 4.98 Å². The minimum Gasteiger partial charge on any atom is -0.354 e. The molecule has 1 aliphatic heterocycles. The molecule has 1 aromatic carbocycles. The topological polar surface area (TPSA) is 44.3 Å². The zero-order valence-corrected chi connectivity index (χ0v) is 14.2. The van der Waals surface area contributed by atoms with E-state index in [9.17, 15) is 0 Å². The summed E-state index contributed by atoms with van der Waals surface area (Å²) in [5.74, 6) is 1.67. The van der Waals surface area contributed by atoms with Crippen molar-refractivity contribution >= 4 is 17.5 Å². The molecule has 3 rings (SSSR count). The molecule has 0 spiro atoms. The Kier molecular flexibility index (Phi) is 4.76. The van der Waals surface area contributed by atoms with Gasteiger partial charge < -0.3 is 15.1 Å². The van der Waals surface area contributed by atoms with Crippen molar-refractivity contribution < 1.29 is 0 Å². The number of hydrogen-bond donors (Lipinski definition) is 1. The summed E-state index contributed by atoms with van der Waals surface area (Å²) in [4.78, 5) is 13.5. The normalized spacial score (nSPS) is 16.7. The highest BCUT2D eigenvalue weighted by Gasteiger charge is 2.27. The van der Waals surface area contributed by atoms with Crippen molar-refractivity contribution in [2.45, 2.75) is 25.8 Å². The zero-order chi connectivity index (χ0) is 16.2. The Morgan fingerprint density at radius 1 is 1.26 bits per heavy atom. The van der Waals surface area contributed by atoms with E-state index in [0.29, 0.717) is 12.0 Å². The monoisotopic (exact) mass is 311 g/mol. The standard InChI is InChI=1S/C18H25N5/c1-14-13-15-7-4-5-8-16(15)23(14)17-9-11-20-18(21-17)19-10-6-12-22(2)3/h4-5,7-9,11,14H,6,10,12-13H2,1-3H3,(H,19,20,21). The van der Waals surface area contributed by atoms with Crippen molar-refractivity contribution in [2.24, 2.45) is 0 Å². The SMILES string of the molecule is CC1Cc2ccccc2N1c1ccnc(NCCCN(C)C)n1. The van der Waals surface area contributed by atoms with Crippen LogP contribution in [0.15, 0.2) is 36.5 Å². The molecule has 1 aliphatic rings. The molecule has 1 unspecified atom stereocenters. The summed E-state index contributed by atoms with van der Waals surface area (Å²) >= 11 is 0. The van der Waals surface area contributed by atoms with Gasteiger partial charge >= 0.3 is 0 Å². The summed E-state index contributed by atoms with van der Waals surface area (Å²) in [5, 5.41) is 3.33. The Hall–Kier alpha value is -2.14. The van der Waals surface area contributed by atoms with E-state index in [0.717, 1.165) is 31.7 Å². The number of benzene rings is 1. The second-order valence-corrected chi connectivity index (χ2v) is 6.37. The smallest absolute Gasteiger partial charge is 0.224 e. The Labute approximate surface area is 138 Å². The number of rotatable bonds is 6. The Balaban J connectivity index is 1.72. The van der Waals surface area contributed by atoms with Crippen LogP contribution in [0.2, 0.25) is 0 Å². The highest BCUT2D eigenvalue weighted by Crippen LogP contribution is 2.37. The molecule has 23 heavy (non-hydrogen) atoms. The lowest BCUT2D eigenvalue weighted by atomic mass is 10.1. The first-order valence-electron chi connectivity index (χ1n) is 8.24. The third-order valence-corrected chi connectivity index (χ3v) is 4.16. The van der Waals surface area contributed by atoms with E-state index in [4.69, 9.17) is 4.98 Å². The van der Waals surface area contributed by atoms with Gasteiger partial charge in [0.15, 0.2) is 0 Å². The number of fused-ring (bicyclic) bond motifs is 1. The first kappa shape index (κ1) is 15.7. The number of aromatic nitrogens is 2. The van der Waals surface area contributed by atoms with E-state index >= 15 is 0 Å². The van der Waals surface area contributed by atoms with Gasteiger partial charge in [-0.1, -0.05) is 18.2 Å². The Bertz CT molecular complexity index is 655. The predicted octanol–water partition coefficient (Wildman–Crippen LogP) is 2.92. The van der Waals surface area contributed by atoms with Crippen molar-refractivity contribution in [1.29, 1.82) is 0 Å². The van der Waals surface area contributed by atoms with Gasteiger partial charge in [0.2, 0.25) is 5.95 Å². The molecule has 0 fully saturated rings. The van der Waals surface area contributed by atoms with E-state index < -0.39 is 0 Å². The van der Waals surface area contributed by atoms with Crippen LogP contribution in [-0.2, 0) is 6.42 Å². The highest BCUT2D eigenvalue weighted by molar-refractivity contribution is 5.69. The summed E-state index contributed by atoms with van der Waals surface area (Å²) < 4.78 is 0. The Morgan fingerprint density at radius 3 is 2.91 bits per heavy atom. The van der Waals surface area contributed by atoms with Gasteiger partial charge in [0, 0.05) is 24.5 Å². The first-order chi connectivity index (χ1) is 11.1. The quantitative estimate of drug-likeness (QED) is 0.831. The maximum Gasteiger partial charge on any atom is 0.224 e. The average Bonchev–Trinajstić information content (AvgIpc) is 2.87. The molecule has 1 atom stereocenters. The third-order valence-electron chi connectivity index (χ3n) is 4.16. The summed E-state index contributed by atoms with van der Waals surface area (Å²) in [5.41, 5.74) is 2.65. The highest BCUT2D eigenvalue weighted by atomic mass is 15.3. The van der Waals surface area contributed by atoms with Crippen LogP contribution in [0.25, 0.3) is 0 Å². The van der Waals surface area contributed by atoms with E-state index in [1.54, 1.807) is 0 Å². The van der Waals surface area contributed by atoms with Gasteiger partial charge in [0.1, 0.15) is 5.82 Å². The van der Waals surface area contributed by atoms with Crippen LogP contribution in [0.4, 0.5) is 17.5 Å². The summed E-state index contributed by atoms with van der Waals surface area (Å²) in [7, 11) is 4.17. The second kappa shape index (κ2) is 6.96. The van der Waals surface area contributed by atoms with Gasteiger partial charge in [0.05, 0.1) is 0 Å². The third kappa shape index (κ3) is 3.62. The lowest BCUT2D eigenvalue weighted by Gasteiger charge is -2.24.